The lowest BCUT2D eigenvalue weighted by Gasteiger charge is -2.20. The number of methoxy groups -OCH3 is 1. The number of alkyl halides is 1. The predicted molar refractivity (Wildman–Crippen MR) is 68.3 cm³/mol. The molecule has 0 radical (unpaired) electrons. The van der Waals surface area contributed by atoms with Crippen LogP contribution in [0.15, 0.2) is 21.7 Å². The Bertz CT molecular complexity index is 528. The fourth-order valence-corrected chi connectivity index (χ4v) is 5.05. The fourth-order valence-electron chi connectivity index (χ4n) is 1.90. The maximum absolute atomic E-state index is 12.3. The SMILES string of the molecule is COC(=O)[C@@H]1C[C@H](Cl)CN1S(=O)(=O)c1cccs1. The number of sulfonamides is 1. The lowest BCUT2D eigenvalue weighted by molar-refractivity contribution is -0.144. The zero-order valence-corrected chi connectivity index (χ0v) is 12.0. The van der Waals surface area contributed by atoms with E-state index in [4.69, 9.17) is 11.6 Å². The molecule has 0 amide bonds. The van der Waals surface area contributed by atoms with E-state index in [1.807, 2.05) is 0 Å². The molecule has 0 saturated carbocycles. The third-order valence-corrected chi connectivity index (χ3v) is 6.30. The summed E-state index contributed by atoms with van der Waals surface area (Å²) in [6, 6.07) is 2.33. The van der Waals surface area contributed by atoms with Gasteiger partial charge in [0.1, 0.15) is 10.3 Å². The Kier molecular flexibility index (Phi) is 3.96. The summed E-state index contributed by atoms with van der Waals surface area (Å²) in [5, 5.41) is 1.30. The molecule has 0 bridgehead atoms. The van der Waals surface area contributed by atoms with E-state index < -0.39 is 22.0 Å². The molecule has 2 rings (SSSR count). The Labute approximate surface area is 114 Å². The zero-order chi connectivity index (χ0) is 13.3. The maximum Gasteiger partial charge on any atom is 0.324 e. The molecule has 18 heavy (non-hydrogen) atoms. The first-order valence-electron chi connectivity index (χ1n) is 5.24. The summed E-state index contributed by atoms with van der Waals surface area (Å²) in [6.45, 7) is 0.127. The van der Waals surface area contributed by atoms with Crippen molar-refractivity contribution in [1.82, 2.24) is 4.31 Å². The summed E-state index contributed by atoms with van der Waals surface area (Å²) in [7, 11) is -2.43. The van der Waals surface area contributed by atoms with Gasteiger partial charge in [-0.25, -0.2) is 8.42 Å². The van der Waals surface area contributed by atoms with Gasteiger partial charge in [-0.1, -0.05) is 6.07 Å². The standard InChI is InChI=1S/C10H12ClNO4S2/c1-16-10(13)8-5-7(11)6-12(8)18(14,15)9-3-2-4-17-9/h2-4,7-8H,5-6H2,1H3/t7-,8-/m0/s1. The van der Waals surface area contributed by atoms with Gasteiger partial charge in [0, 0.05) is 11.9 Å². The normalized spacial score (nSPS) is 25.2. The molecule has 0 aromatic carbocycles. The second-order valence-electron chi connectivity index (χ2n) is 3.88. The highest BCUT2D eigenvalue weighted by atomic mass is 35.5. The second-order valence-corrected chi connectivity index (χ2v) is 7.56. The Morgan fingerprint density at radius 2 is 2.33 bits per heavy atom. The van der Waals surface area contributed by atoms with Crippen molar-refractivity contribution in [2.24, 2.45) is 0 Å². The molecule has 0 aliphatic carbocycles. The van der Waals surface area contributed by atoms with Crippen LogP contribution in [0.3, 0.4) is 0 Å². The summed E-state index contributed by atoms with van der Waals surface area (Å²) in [6.07, 6.45) is 0.277. The van der Waals surface area contributed by atoms with Crippen molar-refractivity contribution in [3.63, 3.8) is 0 Å². The van der Waals surface area contributed by atoms with Crippen molar-refractivity contribution in [1.29, 1.82) is 0 Å². The highest BCUT2D eigenvalue weighted by Crippen LogP contribution is 2.31. The van der Waals surface area contributed by atoms with Crippen LogP contribution in [-0.4, -0.2) is 43.8 Å². The summed E-state index contributed by atoms with van der Waals surface area (Å²) in [5.74, 6) is -0.571. The van der Waals surface area contributed by atoms with Gasteiger partial charge in [-0.15, -0.1) is 22.9 Å². The van der Waals surface area contributed by atoms with Crippen LogP contribution < -0.4 is 0 Å². The van der Waals surface area contributed by atoms with Gasteiger partial charge in [0.25, 0.3) is 10.0 Å². The molecule has 1 aliphatic heterocycles. The van der Waals surface area contributed by atoms with Crippen molar-refractivity contribution in [3.8, 4) is 0 Å². The lowest BCUT2D eigenvalue weighted by atomic mass is 10.2. The van der Waals surface area contributed by atoms with Crippen LogP contribution in [0.2, 0.25) is 0 Å². The molecule has 1 saturated heterocycles. The van der Waals surface area contributed by atoms with Gasteiger partial charge in [-0.2, -0.15) is 4.31 Å². The predicted octanol–water partition coefficient (Wildman–Crippen LogP) is 1.29. The number of hydrogen-bond donors (Lipinski definition) is 0. The van der Waals surface area contributed by atoms with E-state index >= 15 is 0 Å². The monoisotopic (exact) mass is 309 g/mol. The van der Waals surface area contributed by atoms with Crippen LogP contribution in [-0.2, 0) is 19.6 Å². The number of nitrogens with zero attached hydrogens (tertiary/aromatic N) is 1. The van der Waals surface area contributed by atoms with Crippen LogP contribution >= 0.6 is 22.9 Å². The number of ether oxygens (including phenoxy) is 1. The van der Waals surface area contributed by atoms with Gasteiger partial charge in [0.2, 0.25) is 0 Å². The molecule has 0 spiro atoms. The van der Waals surface area contributed by atoms with Crippen molar-refractivity contribution < 1.29 is 17.9 Å². The minimum Gasteiger partial charge on any atom is -0.468 e. The van der Waals surface area contributed by atoms with Crippen LogP contribution in [0.25, 0.3) is 0 Å². The Hall–Kier alpha value is -0.630. The van der Waals surface area contributed by atoms with Crippen LogP contribution in [0.4, 0.5) is 0 Å². The second kappa shape index (κ2) is 5.16. The quantitative estimate of drug-likeness (QED) is 0.623. The zero-order valence-electron chi connectivity index (χ0n) is 9.58. The highest BCUT2D eigenvalue weighted by Gasteiger charge is 2.44. The minimum atomic E-state index is -3.67. The number of hydrogen-bond acceptors (Lipinski definition) is 5. The summed E-state index contributed by atoms with van der Waals surface area (Å²) < 4.78 is 30.6. The molecule has 2 atom stereocenters. The molecule has 5 nitrogen and oxygen atoms in total. The third kappa shape index (κ3) is 2.40. The van der Waals surface area contributed by atoms with Gasteiger partial charge in [-0.3, -0.25) is 4.79 Å². The van der Waals surface area contributed by atoms with Crippen molar-refractivity contribution in [2.75, 3.05) is 13.7 Å². The van der Waals surface area contributed by atoms with E-state index in [9.17, 15) is 13.2 Å². The Balaban J connectivity index is 2.34. The topological polar surface area (TPSA) is 63.7 Å². The van der Waals surface area contributed by atoms with Gasteiger partial charge in [-0.05, 0) is 17.9 Å². The van der Waals surface area contributed by atoms with Crippen LogP contribution in [0.1, 0.15) is 6.42 Å². The molecule has 1 aromatic heterocycles. The molecule has 1 aromatic rings. The van der Waals surface area contributed by atoms with E-state index in [-0.39, 0.29) is 22.6 Å². The number of rotatable bonds is 3. The number of carbonyl (C=O) groups excluding carboxylic acids is 1. The summed E-state index contributed by atoms with van der Waals surface area (Å²) >= 11 is 7.07. The van der Waals surface area contributed by atoms with Gasteiger partial charge >= 0.3 is 5.97 Å². The van der Waals surface area contributed by atoms with Gasteiger partial charge in [0.05, 0.1) is 7.11 Å². The number of halogens is 1. The molecule has 2 heterocycles. The molecule has 8 heteroatoms. The molecule has 1 aliphatic rings. The largest absolute Gasteiger partial charge is 0.468 e. The minimum absolute atomic E-state index is 0.127. The van der Waals surface area contributed by atoms with Crippen molar-refractivity contribution in [2.45, 2.75) is 22.0 Å². The van der Waals surface area contributed by atoms with E-state index in [1.165, 1.54) is 13.2 Å². The molecule has 0 unspecified atom stereocenters. The number of esters is 1. The molecule has 100 valence electrons. The van der Waals surface area contributed by atoms with E-state index in [2.05, 4.69) is 4.74 Å². The molecular formula is C10H12ClNO4S2. The van der Waals surface area contributed by atoms with Crippen molar-refractivity contribution in [3.05, 3.63) is 17.5 Å². The first kappa shape index (κ1) is 13.8. The van der Waals surface area contributed by atoms with Gasteiger partial charge in [0.15, 0.2) is 0 Å². The van der Waals surface area contributed by atoms with E-state index in [0.29, 0.717) is 0 Å². The van der Waals surface area contributed by atoms with Crippen LogP contribution in [0, 0.1) is 0 Å². The van der Waals surface area contributed by atoms with Gasteiger partial charge < -0.3 is 4.74 Å². The smallest absolute Gasteiger partial charge is 0.324 e. The highest BCUT2D eigenvalue weighted by molar-refractivity contribution is 7.91. The van der Waals surface area contributed by atoms with Crippen LogP contribution in [0.5, 0.6) is 0 Å². The van der Waals surface area contributed by atoms with Crippen molar-refractivity contribution >= 4 is 38.9 Å². The fraction of sp³-hybridized carbons (Fsp3) is 0.500. The molecule has 1 fully saturated rings. The summed E-state index contributed by atoms with van der Waals surface area (Å²) in [5.41, 5.74) is 0. The Morgan fingerprint density at radius 3 is 2.89 bits per heavy atom. The average Bonchev–Trinajstić information content (AvgIpc) is 2.96. The number of carbonyl (C=O) groups is 1. The summed E-state index contributed by atoms with van der Waals surface area (Å²) in [4.78, 5) is 11.6. The first-order valence-corrected chi connectivity index (χ1v) is 7.99. The van der Waals surface area contributed by atoms with E-state index in [0.717, 1.165) is 15.6 Å². The molecular weight excluding hydrogens is 298 g/mol. The first-order chi connectivity index (χ1) is 8.46. The molecule has 0 N–H and O–H groups in total. The maximum atomic E-state index is 12.3. The average molecular weight is 310 g/mol. The third-order valence-electron chi connectivity index (χ3n) is 2.74. The lowest BCUT2D eigenvalue weighted by Crippen LogP contribution is -2.40. The van der Waals surface area contributed by atoms with E-state index in [1.54, 1.807) is 11.4 Å². The number of thiophene rings is 1. The Morgan fingerprint density at radius 1 is 1.61 bits per heavy atom.